The quantitative estimate of drug-likeness (QED) is 0.614. The first-order valence-corrected chi connectivity index (χ1v) is 9.06. The largest absolute Gasteiger partial charge is 0.321 e. The summed E-state index contributed by atoms with van der Waals surface area (Å²) in [6, 6.07) is 17.9. The standard InChI is InChI=1S/C21H12Cl2N2O3/c22-15-10-9-12(11-16(15)23)19(26)24-17-8-4-7-14-18(17)21(28)25(20(14)27)13-5-2-1-3-6-13/h1-11H,(H,24,26). The maximum atomic E-state index is 13.0. The molecule has 0 saturated carbocycles. The molecule has 4 rings (SSSR count). The fourth-order valence-corrected chi connectivity index (χ4v) is 3.33. The van der Waals surface area contributed by atoms with Gasteiger partial charge in [0.1, 0.15) is 0 Å². The molecule has 1 heterocycles. The van der Waals surface area contributed by atoms with E-state index in [1.807, 2.05) is 0 Å². The predicted molar refractivity (Wildman–Crippen MR) is 108 cm³/mol. The van der Waals surface area contributed by atoms with Crippen LogP contribution in [0.5, 0.6) is 0 Å². The van der Waals surface area contributed by atoms with Gasteiger partial charge in [0.25, 0.3) is 17.7 Å². The zero-order valence-corrected chi connectivity index (χ0v) is 15.8. The molecular weight excluding hydrogens is 399 g/mol. The van der Waals surface area contributed by atoms with Crippen LogP contribution >= 0.6 is 23.2 Å². The van der Waals surface area contributed by atoms with Crippen LogP contribution in [0.3, 0.4) is 0 Å². The van der Waals surface area contributed by atoms with Gasteiger partial charge in [0, 0.05) is 5.56 Å². The predicted octanol–water partition coefficient (Wildman–Crippen LogP) is 5.05. The Kier molecular flexibility index (Phi) is 4.63. The molecule has 3 aromatic carbocycles. The molecule has 138 valence electrons. The molecule has 1 aliphatic heterocycles. The number of carbonyl (C=O) groups is 3. The lowest BCUT2D eigenvalue weighted by atomic mass is 10.1. The molecule has 3 amide bonds. The second-order valence-corrected chi connectivity index (χ2v) is 6.91. The van der Waals surface area contributed by atoms with Gasteiger partial charge in [-0.2, -0.15) is 0 Å². The Morgan fingerprint density at radius 2 is 1.57 bits per heavy atom. The summed E-state index contributed by atoms with van der Waals surface area (Å²) in [5, 5.41) is 3.26. The van der Waals surface area contributed by atoms with E-state index in [4.69, 9.17) is 23.2 Å². The van der Waals surface area contributed by atoms with Crippen molar-refractivity contribution in [1.82, 2.24) is 0 Å². The van der Waals surface area contributed by atoms with E-state index in [1.54, 1.807) is 48.5 Å². The summed E-state index contributed by atoms with van der Waals surface area (Å²) >= 11 is 11.8. The van der Waals surface area contributed by atoms with E-state index in [-0.39, 0.29) is 27.4 Å². The highest BCUT2D eigenvalue weighted by molar-refractivity contribution is 6.42. The van der Waals surface area contributed by atoms with Crippen LogP contribution in [0.2, 0.25) is 10.0 Å². The van der Waals surface area contributed by atoms with Crippen LogP contribution in [0.1, 0.15) is 31.1 Å². The number of halogens is 2. The summed E-state index contributed by atoms with van der Waals surface area (Å²) in [5.74, 6) is -1.39. The van der Waals surface area contributed by atoms with E-state index >= 15 is 0 Å². The smallest absolute Gasteiger partial charge is 0.268 e. The summed E-state index contributed by atoms with van der Waals surface area (Å²) in [6.45, 7) is 0. The van der Waals surface area contributed by atoms with Crippen LogP contribution in [-0.4, -0.2) is 17.7 Å². The molecule has 3 aromatic rings. The van der Waals surface area contributed by atoms with Crippen LogP contribution in [0.15, 0.2) is 66.7 Å². The minimum atomic E-state index is -0.490. The summed E-state index contributed by atoms with van der Waals surface area (Å²) < 4.78 is 0. The number of hydrogen-bond donors (Lipinski definition) is 1. The number of rotatable bonds is 3. The Balaban J connectivity index is 1.69. The number of amides is 3. The first-order chi connectivity index (χ1) is 13.5. The fourth-order valence-electron chi connectivity index (χ4n) is 3.03. The van der Waals surface area contributed by atoms with Crippen molar-refractivity contribution >= 4 is 52.3 Å². The summed E-state index contributed by atoms with van der Waals surface area (Å²) in [7, 11) is 0. The number of anilines is 2. The number of benzene rings is 3. The molecule has 0 atom stereocenters. The van der Waals surface area contributed by atoms with Gasteiger partial charge in [0.15, 0.2) is 0 Å². The maximum absolute atomic E-state index is 13.0. The minimum absolute atomic E-state index is 0.157. The number of imide groups is 1. The van der Waals surface area contributed by atoms with Gasteiger partial charge in [-0.05, 0) is 42.5 Å². The minimum Gasteiger partial charge on any atom is -0.321 e. The summed E-state index contributed by atoms with van der Waals surface area (Å²) in [6.07, 6.45) is 0. The lowest BCUT2D eigenvalue weighted by Gasteiger charge is -2.13. The first-order valence-electron chi connectivity index (χ1n) is 8.30. The zero-order valence-electron chi connectivity index (χ0n) is 14.3. The van der Waals surface area contributed by atoms with Crippen LogP contribution < -0.4 is 10.2 Å². The number of para-hydroxylation sites is 1. The molecule has 0 saturated heterocycles. The van der Waals surface area contributed by atoms with Crippen LogP contribution in [0, 0.1) is 0 Å². The van der Waals surface area contributed by atoms with Gasteiger partial charge in [-0.1, -0.05) is 47.5 Å². The second kappa shape index (κ2) is 7.11. The molecular formula is C21H12Cl2N2O3. The number of carbonyl (C=O) groups excluding carboxylic acids is 3. The molecule has 0 spiro atoms. The van der Waals surface area contributed by atoms with Gasteiger partial charge >= 0.3 is 0 Å². The molecule has 0 aromatic heterocycles. The highest BCUT2D eigenvalue weighted by atomic mass is 35.5. The van der Waals surface area contributed by atoms with Crippen LogP contribution in [0.4, 0.5) is 11.4 Å². The topological polar surface area (TPSA) is 66.5 Å². The SMILES string of the molecule is O=C(Nc1cccc2c1C(=O)N(c1ccccc1)C2=O)c1ccc(Cl)c(Cl)c1. The van der Waals surface area contributed by atoms with Crippen molar-refractivity contribution in [3.05, 3.63) is 93.5 Å². The molecule has 28 heavy (non-hydrogen) atoms. The molecule has 7 heteroatoms. The Morgan fingerprint density at radius 1 is 0.821 bits per heavy atom. The molecule has 1 aliphatic rings. The molecule has 0 aliphatic carbocycles. The number of fused-ring (bicyclic) bond motifs is 1. The first kappa shape index (κ1) is 18.2. The normalized spacial score (nSPS) is 12.9. The lowest BCUT2D eigenvalue weighted by Crippen LogP contribution is -2.29. The van der Waals surface area contributed by atoms with Crippen molar-refractivity contribution in [2.24, 2.45) is 0 Å². The average molecular weight is 411 g/mol. The monoisotopic (exact) mass is 410 g/mol. The van der Waals surface area contributed by atoms with Gasteiger partial charge in [-0.3, -0.25) is 14.4 Å². The Morgan fingerprint density at radius 3 is 2.29 bits per heavy atom. The third-order valence-electron chi connectivity index (χ3n) is 4.36. The summed E-state index contributed by atoms with van der Waals surface area (Å²) in [5.41, 5.74) is 1.40. The van der Waals surface area contributed by atoms with E-state index in [2.05, 4.69) is 5.32 Å². The van der Waals surface area contributed by atoms with E-state index in [0.717, 1.165) is 4.90 Å². The van der Waals surface area contributed by atoms with Crippen molar-refractivity contribution in [2.75, 3.05) is 10.2 Å². The Bertz CT molecular complexity index is 1130. The van der Waals surface area contributed by atoms with Crippen LogP contribution in [-0.2, 0) is 0 Å². The maximum Gasteiger partial charge on any atom is 0.268 e. The number of nitrogens with zero attached hydrogens (tertiary/aromatic N) is 1. The summed E-state index contributed by atoms with van der Waals surface area (Å²) in [4.78, 5) is 39.4. The molecule has 5 nitrogen and oxygen atoms in total. The van der Waals surface area contributed by atoms with E-state index in [0.29, 0.717) is 10.7 Å². The lowest BCUT2D eigenvalue weighted by molar-refractivity contribution is 0.0926. The van der Waals surface area contributed by atoms with Crippen LogP contribution in [0.25, 0.3) is 0 Å². The highest BCUT2D eigenvalue weighted by Crippen LogP contribution is 2.33. The van der Waals surface area contributed by atoms with Crippen molar-refractivity contribution in [3.63, 3.8) is 0 Å². The van der Waals surface area contributed by atoms with Crippen molar-refractivity contribution in [3.8, 4) is 0 Å². The Labute approximate surface area is 170 Å². The van der Waals surface area contributed by atoms with Gasteiger partial charge in [0.05, 0.1) is 32.5 Å². The molecule has 0 bridgehead atoms. The van der Waals surface area contributed by atoms with E-state index in [9.17, 15) is 14.4 Å². The van der Waals surface area contributed by atoms with Gasteiger partial charge < -0.3 is 5.32 Å². The van der Waals surface area contributed by atoms with Gasteiger partial charge in [-0.15, -0.1) is 0 Å². The highest BCUT2D eigenvalue weighted by Gasteiger charge is 2.38. The molecule has 1 N–H and O–H groups in total. The fraction of sp³-hybridized carbons (Fsp3) is 0. The van der Waals surface area contributed by atoms with Crippen molar-refractivity contribution < 1.29 is 14.4 Å². The molecule has 0 radical (unpaired) electrons. The average Bonchev–Trinajstić information content (AvgIpc) is 2.96. The van der Waals surface area contributed by atoms with Gasteiger partial charge in [0.2, 0.25) is 0 Å². The van der Waals surface area contributed by atoms with E-state index in [1.165, 1.54) is 18.2 Å². The third-order valence-corrected chi connectivity index (χ3v) is 5.10. The number of nitrogens with one attached hydrogen (secondary N) is 1. The van der Waals surface area contributed by atoms with Crippen molar-refractivity contribution in [1.29, 1.82) is 0 Å². The third kappa shape index (κ3) is 3.05. The zero-order chi connectivity index (χ0) is 19.8. The second-order valence-electron chi connectivity index (χ2n) is 6.09. The molecule has 0 unspecified atom stereocenters. The van der Waals surface area contributed by atoms with Gasteiger partial charge in [-0.25, -0.2) is 4.90 Å². The van der Waals surface area contributed by atoms with E-state index < -0.39 is 17.7 Å². The molecule has 0 fully saturated rings. The Hall–Kier alpha value is -3.15. The van der Waals surface area contributed by atoms with Crippen molar-refractivity contribution in [2.45, 2.75) is 0 Å². The number of hydrogen-bond acceptors (Lipinski definition) is 3.